The molecule has 0 bridgehead atoms. The maximum Gasteiger partial charge on any atom is 0.189 e. The zero-order valence-electron chi connectivity index (χ0n) is 15.4. The number of hydrogen-bond acceptors (Lipinski definition) is 4. The van der Waals surface area contributed by atoms with Gasteiger partial charge in [0.15, 0.2) is 17.3 Å². The van der Waals surface area contributed by atoms with E-state index in [1.54, 1.807) is 55.4 Å². The van der Waals surface area contributed by atoms with Crippen LogP contribution < -0.4 is 9.47 Å². The van der Waals surface area contributed by atoms with Crippen LogP contribution in [0.3, 0.4) is 0 Å². The number of methoxy groups -OCH3 is 1. The molecule has 7 heteroatoms. The highest BCUT2D eigenvalue weighted by molar-refractivity contribution is 6.35. The van der Waals surface area contributed by atoms with Crippen molar-refractivity contribution in [3.05, 3.63) is 81.6 Å². The maximum absolute atomic E-state index is 12.1. The van der Waals surface area contributed by atoms with Crippen LogP contribution in [0.5, 0.6) is 11.5 Å². The van der Waals surface area contributed by atoms with E-state index >= 15 is 0 Å². The lowest BCUT2D eigenvalue weighted by atomic mass is 10.1. The second kappa shape index (κ2) is 8.95. The molecule has 0 fully saturated rings. The zero-order chi connectivity index (χ0) is 20.1. The third-order valence-corrected chi connectivity index (χ3v) is 4.59. The summed E-state index contributed by atoms with van der Waals surface area (Å²) in [6.07, 6.45) is 6.43. The molecule has 0 aliphatic rings. The SMILES string of the molecule is COc1cc(/C=C/C(=O)c2cnn(C)c2)ccc1OCc1ccc(Cl)cc1Cl. The minimum atomic E-state index is -0.121. The molecule has 0 saturated carbocycles. The van der Waals surface area contributed by atoms with E-state index in [0.29, 0.717) is 27.1 Å². The van der Waals surface area contributed by atoms with Gasteiger partial charge in [-0.1, -0.05) is 41.4 Å². The molecule has 1 heterocycles. The van der Waals surface area contributed by atoms with Gasteiger partial charge in [0.05, 0.1) is 18.9 Å². The van der Waals surface area contributed by atoms with Crippen LogP contribution in [0.4, 0.5) is 0 Å². The topological polar surface area (TPSA) is 53.3 Å². The Morgan fingerprint density at radius 2 is 2.00 bits per heavy atom. The Labute approximate surface area is 173 Å². The van der Waals surface area contributed by atoms with Gasteiger partial charge in [-0.15, -0.1) is 0 Å². The fourth-order valence-corrected chi connectivity index (χ4v) is 2.98. The first kappa shape index (κ1) is 20.0. The van der Waals surface area contributed by atoms with Crippen molar-refractivity contribution in [1.29, 1.82) is 0 Å². The van der Waals surface area contributed by atoms with Crippen LogP contribution in [-0.2, 0) is 13.7 Å². The number of hydrogen-bond donors (Lipinski definition) is 0. The van der Waals surface area contributed by atoms with Crippen LogP contribution in [0.2, 0.25) is 10.0 Å². The summed E-state index contributed by atoms with van der Waals surface area (Å²) in [5.41, 5.74) is 2.16. The Morgan fingerprint density at radius 3 is 2.68 bits per heavy atom. The molecule has 5 nitrogen and oxygen atoms in total. The highest BCUT2D eigenvalue weighted by Gasteiger charge is 2.08. The number of aromatic nitrogens is 2. The highest BCUT2D eigenvalue weighted by Crippen LogP contribution is 2.30. The molecule has 0 radical (unpaired) electrons. The molecule has 3 aromatic rings. The van der Waals surface area contributed by atoms with E-state index in [2.05, 4.69) is 5.10 Å². The van der Waals surface area contributed by atoms with E-state index in [4.69, 9.17) is 32.7 Å². The molecular formula is C21H18Cl2N2O3. The fraction of sp³-hybridized carbons (Fsp3) is 0.143. The van der Waals surface area contributed by atoms with Gasteiger partial charge in [0.25, 0.3) is 0 Å². The number of benzene rings is 2. The van der Waals surface area contributed by atoms with Gasteiger partial charge in [-0.05, 0) is 35.9 Å². The van der Waals surface area contributed by atoms with Crippen molar-refractivity contribution in [2.24, 2.45) is 7.05 Å². The average Bonchev–Trinajstić information content (AvgIpc) is 3.12. The van der Waals surface area contributed by atoms with Gasteiger partial charge in [0, 0.05) is 28.9 Å². The summed E-state index contributed by atoms with van der Waals surface area (Å²) < 4.78 is 12.8. The molecule has 0 atom stereocenters. The van der Waals surface area contributed by atoms with E-state index < -0.39 is 0 Å². The molecule has 3 rings (SSSR count). The van der Waals surface area contributed by atoms with E-state index in [9.17, 15) is 4.79 Å². The molecule has 2 aromatic carbocycles. The van der Waals surface area contributed by atoms with Crippen molar-refractivity contribution < 1.29 is 14.3 Å². The summed E-state index contributed by atoms with van der Waals surface area (Å²) in [7, 11) is 3.33. The number of carbonyl (C=O) groups is 1. The molecule has 28 heavy (non-hydrogen) atoms. The molecule has 0 saturated heterocycles. The molecular weight excluding hydrogens is 399 g/mol. The Morgan fingerprint density at radius 1 is 1.18 bits per heavy atom. The van der Waals surface area contributed by atoms with Gasteiger partial charge < -0.3 is 9.47 Å². The summed E-state index contributed by atoms with van der Waals surface area (Å²) in [4.78, 5) is 12.1. The summed E-state index contributed by atoms with van der Waals surface area (Å²) in [6, 6.07) is 10.7. The van der Waals surface area contributed by atoms with Crippen LogP contribution in [0.15, 0.2) is 54.9 Å². The van der Waals surface area contributed by atoms with Gasteiger partial charge in [-0.25, -0.2) is 0 Å². The smallest absolute Gasteiger partial charge is 0.189 e. The number of allylic oxidation sites excluding steroid dienone is 1. The molecule has 0 aliphatic heterocycles. The second-order valence-electron chi connectivity index (χ2n) is 6.03. The minimum absolute atomic E-state index is 0.121. The number of halogens is 2. The standard InChI is InChI=1S/C21H18Cl2N2O3/c1-25-12-16(11-24-25)19(26)7-3-14-4-8-20(21(9-14)27-2)28-13-15-5-6-17(22)10-18(15)23/h3-12H,13H2,1-2H3/b7-3+. The van der Waals surface area contributed by atoms with Crippen LogP contribution >= 0.6 is 23.2 Å². The summed E-state index contributed by atoms with van der Waals surface area (Å²) in [5, 5.41) is 5.11. The van der Waals surface area contributed by atoms with E-state index in [0.717, 1.165) is 11.1 Å². The first-order valence-electron chi connectivity index (χ1n) is 8.42. The Bertz CT molecular complexity index is 1030. The largest absolute Gasteiger partial charge is 0.493 e. The number of ketones is 1. The average molecular weight is 417 g/mol. The maximum atomic E-state index is 12.1. The van der Waals surface area contributed by atoms with Crippen molar-refractivity contribution in [1.82, 2.24) is 9.78 Å². The second-order valence-corrected chi connectivity index (χ2v) is 6.88. The lowest BCUT2D eigenvalue weighted by Crippen LogP contribution is -1.99. The highest BCUT2D eigenvalue weighted by atomic mass is 35.5. The summed E-state index contributed by atoms with van der Waals surface area (Å²) >= 11 is 12.1. The normalized spacial score (nSPS) is 11.0. The van der Waals surface area contributed by atoms with Gasteiger partial charge in [-0.2, -0.15) is 5.10 Å². The van der Waals surface area contributed by atoms with E-state index in [1.807, 2.05) is 12.1 Å². The fourth-order valence-electron chi connectivity index (χ4n) is 2.52. The third kappa shape index (κ3) is 4.94. The van der Waals surface area contributed by atoms with Crippen LogP contribution in [-0.4, -0.2) is 22.7 Å². The van der Waals surface area contributed by atoms with E-state index in [-0.39, 0.29) is 12.4 Å². The molecule has 144 valence electrons. The molecule has 0 aliphatic carbocycles. The lowest BCUT2D eigenvalue weighted by Gasteiger charge is -2.12. The lowest BCUT2D eigenvalue weighted by molar-refractivity contribution is 0.104. The third-order valence-electron chi connectivity index (χ3n) is 4.00. The van der Waals surface area contributed by atoms with Crippen LogP contribution in [0.1, 0.15) is 21.5 Å². The summed E-state index contributed by atoms with van der Waals surface area (Å²) in [5.74, 6) is 1.01. The number of rotatable bonds is 7. The number of ether oxygens (including phenoxy) is 2. The number of nitrogens with zero attached hydrogens (tertiary/aromatic N) is 2. The monoisotopic (exact) mass is 416 g/mol. The minimum Gasteiger partial charge on any atom is -0.493 e. The van der Waals surface area contributed by atoms with E-state index in [1.165, 1.54) is 12.3 Å². The van der Waals surface area contributed by atoms with Crippen LogP contribution in [0, 0.1) is 0 Å². The first-order chi connectivity index (χ1) is 13.5. The number of aryl methyl sites for hydroxylation is 1. The van der Waals surface area contributed by atoms with Crippen molar-refractivity contribution in [2.45, 2.75) is 6.61 Å². The van der Waals surface area contributed by atoms with Crippen LogP contribution in [0.25, 0.3) is 6.08 Å². The first-order valence-corrected chi connectivity index (χ1v) is 9.17. The summed E-state index contributed by atoms with van der Waals surface area (Å²) in [6.45, 7) is 0.279. The van der Waals surface area contributed by atoms with Gasteiger partial charge >= 0.3 is 0 Å². The van der Waals surface area contributed by atoms with Crippen molar-refractivity contribution in [3.8, 4) is 11.5 Å². The van der Waals surface area contributed by atoms with Crippen molar-refractivity contribution >= 4 is 35.1 Å². The Kier molecular flexibility index (Phi) is 6.39. The predicted molar refractivity (Wildman–Crippen MR) is 110 cm³/mol. The molecule has 0 N–H and O–H groups in total. The van der Waals surface area contributed by atoms with Crippen molar-refractivity contribution in [3.63, 3.8) is 0 Å². The molecule has 0 amide bonds. The molecule has 0 unspecified atom stereocenters. The predicted octanol–water partition coefficient (Wildman–Crippen LogP) is 5.21. The molecule has 0 spiro atoms. The quantitative estimate of drug-likeness (QED) is 0.391. The molecule has 1 aromatic heterocycles. The Balaban J connectivity index is 1.71. The number of carbonyl (C=O) groups excluding carboxylic acids is 1. The van der Waals surface area contributed by atoms with Gasteiger partial charge in [0.1, 0.15) is 6.61 Å². The zero-order valence-corrected chi connectivity index (χ0v) is 16.9. The van der Waals surface area contributed by atoms with Crippen molar-refractivity contribution in [2.75, 3.05) is 7.11 Å². The van der Waals surface area contributed by atoms with Gasteiger partial charge in [0.2, 0.25) is 0 Å². The van der Waals surface area contributed by atoms with Gasteiger partial charge in [-0.3, -0.25) is 9.48 Å². The Hall–Kier alpha value is -2.76.